The largest absolute Gasteiger partial charge is 0.480 e. The maximum atomic E-state index is 11.4. The van der Waals surface area contributed by atoms with Gasteiger partial charge >= 0.3 is 5.97 Å². The maximum absolute atomic E-state index is 11.4. The number of aliphatic carboxylic acids is 1. The van der Waals surface area contributed by atoms with Crippen molar-refractivity contribution in [2.24, 2.45) is 0 Å². The molecule has 0 aliphatic heterocycles. The Hall–Kier alpha value is -2.47. The quantitative estimate of drug-likeness (QED) is 0.630. The number of fused-ring (bicyclic) bond motifs is 1. The molecule has 0 unspecified atom stereocenters. The predicted molar refractivity (Wildman–Crippen MR) is 86.5 cm³/mol. The second kappa shape index (κ2) is 6.11. The first-order chi connectivity index (χ1) is 10.6. The maximum Gasteiger partial charge on any atom is 0.326 e. The number of carbonyl (C=O) groups is 1. The molecule has 3 rings (SSSR count). The van der Waals surface area contributed by atoms with Crippen LogP contribution >= 0.6 is 12.6 Å². The Kier molecular flexibility index (Phi) is 4.02. The number of nitrogens with one attached hydrogen (secondary N) is 1. The van der Waals surface area contributed by atoms with Crippen LogP contribution in [0, 0.1) is 0 Å². The number of oxazole rings is 1. The van der Waals surface area contributed by atoms with E-state index in [2.05, 4.69) is 22.9 Å². The number of nitrogens with zero attached hydrogens (tertiary/aromatic N) is 1. The van der Waals surface area contributed by atoms with Crippen LogP contribution in [0.1, 0.15) is 5.56 Å². The van der Waals surface area contributed by atoms with Gasteiger partial charge in [-0.2, -0.15) is 4.98 Å². The number of thiol groups is 1. The number of hydrogen-bond donors (Lipinski definition) is 3. The van der Waals surface area contributed by atoms with Crippen LogP contribution in [-0.2, 0) is 11.2 Å². The fraction of sp³-hybridized carbons (Fsp3) is 0.125. The van der Waals surface area contributed by atoms with E-state index in [4.69, 9.17) is 4.42 Å². The minimum atomic E-state index is -0.961. The first-order valence-electron chi connectivity index (χ1n) is 6.74. The Morgan fingerprint density at radius 2 is 1.95 bits per heavy atom. The molecule has 2 aromatic carbocycles. The Labute approximate surface area is 132 Å². The van der Waals surface area contributed by atoms with E-state index in [-0.39, 0.29) is 6.01 Å². The van der Waals surface area contributed by atoms with Crippen molar-refractivity contribution in [1.29, 1.82) is 0 Å². The summed E-state index contributed by atoms with van der Waals surface area (Å²) in [5, 5.41) is 12.2. The van der Waals surface area contributed by atoms with E-state index in [1.54, 1.807) is 6.07 Å². The average molecular weight is 314 g/mol. The van der Waals surface area contributed by atoms with Gasteiger partial charge < -0.3 is 14.8 Å². The minimum Gasteiger partial charge on any atom is -0.480 e. The molecule has 6 heteroatoms. The minimum absolute atomic E-state index is 0.208. The van der Waals surface area contributed by atoms with Crippen molar-refractivity contribution in [3.8, 4) is 0 Å². The van der Waals surface area contributed by atoms with E-state index >= 15 is 0 Å². The summed E-state index contributed by atoms with van der Waals surface area (Å²) in [6, 6.07) is 14.0. The van der Waals surface area contributed by atoms with E-state index in [9.17, 15) is 9.90 Å². The number of carboxylic acids is 1. The first-order valence-corrected chi connectivity index (χ1v) is 7.19. The number of rotatable bonds is 5. The van der Waals surface area contributed by atoms with Gasteiger partial charge in [-0.15, -0.1) is 12.6 Å². The van der Waals surface area contributed by atoms with Gasteiger partial charge in [0.05, 0.1) is 0 Å². The zero-order valence-corrected chi connectivity index (χ0v) is 12.5. The molecule has 0 spiro atoms. The molecular formula is C16H14N2O3S. The van der Waals surface area contributed by atoms with Crippen molar-refractivity contribution < 1.29 is 14.3 Å². The van der Waals surface area contributed by atoms with Gasteiger partial charge in [0.15, 0.2) is 5.58 Å². The van der Waals surface area contributed by atoms with Crippen LogP contribution < -0.4 is 5.32 Å². The van der Waals surface area contributed by atoms with Crippen LogP contribution in [0.5, 0.6) is 0 Å². The van der Waals surface area contributed by atoms with Gasteiger partial charge in [-0.25, -0.2) is 4.79 Å². The summed E-state index contributed by atoms with van der Waals surface area (Å²) in [5.74, 6) is -0.961. The molecule has 0 saturated carbocycles. The molecule has 112 valence electrons. The van der Waals surface area contributed by atoms with E-state index in [1.165, 1.54) is 0 Å². The van der Waals surface area contributed by atoms with Gasteiger partial charge in [0.1, 0.15) is 11.6 Å². The number of aromatic nitrogens is 1. The van der Waals surface area contributed by atoms with E-state index in [1.807, 2.05) is 42.5 Å². The normalized spacial score (nSPS) is 12.2. The van der Waals surface area contributed by atoms with E-state index in [0.29, 0.717) is 17.5 Å². The average Bonchev–Trinajstić information content (AvgIpc) is 2.91. The Bertz CT molecular complexity index is 766. The van der Waals surface area contributed by atoms with Gasteiger partial charge in [0, 0.05) is 11.3 Å². The summed E-state index contributed by atoms with van der Waals surface area (Å²) in [6.45, 7) is 0. The van der Waals surface area contributed by atoms with Crippen LogP contribution in [0.4, 0.5) is 6.01 Å². The van der Waals surface area contributed by atoms with E-state index < -0.39 is 12.0 Å². The van der Waals surface area contributed by atoms with Gasteiger partial charge in [-0.3, -0.25) is 0 Å². The lowest BCUT2D eigenvalue weighted by Crippen LogP contribution is -2.31. The van der Waals surface area contributed by atoms with Gasteiger partial charge in [0.25, 0.3) is 6.01 Å². The summed E-state index contributed by atoms with van der Waals surface area (Å²) < 4.78 is 5.51. The summed E-state index contributed by atoms with van der Waals surface area (Å²) in [6.07, 6.45) is 0.322. The molecule has 5 nitrogen and oxygen atoms in total. The lowest BCUT2D eigenvalue weighted by atomic mass is 10.1. The monoisotopic (exact) mass is 314 g/mol. The van der Waals surface area contributed by atoms with Gasteiger partial charge in [0.2, 0.25) is 0 Å². The summed E-state index contributed by atoms with van der Waals surface area (Å²) in [5.41, 5.74) is 2.20. The Morgan fingerprint density at radius 1 is 1.23 bits per heavy atom. The number of para-hydroxylation sites is 2. The molecule has 22 heavy (non-hydrogen) atoms. The van der Waals surface area contributed by atoms with Crippen molar-refractivity contribution >= 4 is 35.7 Å². The second-order valence-electron chi connectivity index (χ2n) is 4.89. The van der Waals surface area contributed by atoms with Crippen LogP contribution in [0.3, 0.4) is 0 Å². The van der Waals surface area contributed by atoms with Crippen LogP contribution in [0.2, 0.25) is 0 Å². The molecule has 0 saturated heterocycles. The van der Waals surface area contributed by atoms with Crippen LogP contribution in [-0.4, -0.2) is 22.1 Å². The third-order valence-electron chi connectivity index (χ3n) is 3.27. The second-order valence-corrected chi connectivity index (χ2v) is 5.41. The molecule has 1 atom stereocenters. The summed E-state index contributed by atoms with van der Waals surface area (Å²) in [4.78, 5) is 16.5. The number of anilines is 1. The van der Waals surface area contributed by atoms with Gasteiger partial charge in [-0.05, 0) is 29.8 Å². The Balaban J connectivity index is 1.79. The standard InChI is InChI=1S/C16H14N2O3S/c19-15(20)13(9-10-5-7-11(22)8-6-10)18-16-17-12-3-1-2-4-14(12)21-16/h1-8,13,22H,9H2,(H,17,18)(H,19,20)/t13-/m0/s1. The zero-order chi connectivity index (χ0) is 15.5. The topological polar surface area (TPSA) is 75.4 Å². The predicted octanol–water partition coefficient (Wildman–Crippen LogP) is 3.22. The van der Waals surface area contributed by atoms with Crippen molar-refractivity contribution in [2.75, 3.05) is 5.32 Å². The molecule has 0 amide bonds. The van der Waals surface area contributed by atoms with Crippen molar-refractivity contribution in [1.82, 2.24) is 4.98 Å². The van der Waals surface area contributed by atoms with Crippen molar-refractivity contribution in [3.05, 3.63) is 54.1 Å². The highest BCUT2D eigenvalue weighted by molar-refractivity contribution is 7.80. The number of hydrogen-bond acceptors (Lipinski definition) is 5. The van der Waals surface area contributed by atoms with Crippen molar-refractivity contribution in [2.45, 2.75) is 17.4 Å². The smallest absolute Gasteiger partial charge is 0.326 e. The third-order valence-corrected chi connectivity index (χ3v) is 3.56. The lowest BCUT2D eigenvalue weighted by Gasteiger charge is -2.13. The highest BCUT2D eigenvalue weighted by Crippen LogP contribution is 2.19. The van der Waals surface area contributed by atoms with Crippen LogP contribution in [0.15, 0.2) is 57.8 Å². The lowest BCUT2D eigenvalue weighted by molar-refractivity contribution is -0.137. The number of carboxylic acid groups (broad SMARTS) is 1. The van der Waals surface area contributed by atoms with E-state index in [0.717, 1.165) is 10.5 Å². The molecule has 0 bridgehead atoms. The first kappa shape index (κ1) is 14.5. The molecule has 0 fully saturated rings. The molecule has 0 aliphatic carbocycles. The number of benzene rings is 2. The molecule has 1 aromatic heterocycles. The third kappa shape index (κ3) is 3.23. The van der Waals surface area contributed by atoms with Crippen LogP contribution in [0.25, 0.3) is 11.1 Å². The fourth-order valence-corrected chi connectivity index (χ4v) is 2.30. The fourth-order valence-electron chi connectivity index (χ4n) is 2.15. The molecule has 0 radical (unpaired) electrons. The highest BCUT2D eigenvalue weighted by Gasteiger charge is 2.20. The summed E-state index contributed by atoms with van der Waals surface area (Å²) >= 11 is 4.21. The molecule has 2 N–H and O–H groups in total. The van der Waals surface area contributed by atoms with Crippen molar-refractivity contribution in [3.63, 3.8) is 0 Å². The SMILES string of the molecule is O=C(O)[C@H](Cc1ccc(S)cc1)Nc1nc2ccccc2o1. The highest BCUT2D eigenvalue weighted by atomic mass is 32.1. The zero-order valence-electron chi connectivity index (χ0n) is 11.6. The molecule has 0 aliphatic rings. The Morgan fingerprint density at radius 3 is 2.64 bits per heavy atom. The molecule has 1 heterocycles. The summed E-state index contributed by atoms with van der Waals surface area (Å²) in [7, 11) is 0. The molecule has 3 aromatic rings. The van der Waals surface area contributed by atoms with Gasteiger partial charge in [-0.1, -0.05) is 24.3 Å². The molecular weight excluding hydrogens is 300 g/mol.